The van der Waals surface area contributed by atoms with Crippen LogP contribution >= 0.6 is 0 Å². The van der Waals surface area contributed by atoms with Crippen LogP contribution in [0.3, 0.4) is 0 Å². The molecule has 0 bridgehead atoms. The van der Waals surface area contributed by atoms with Crippen molar-refractivity contribution in [2.75, 3.05) is 19.6 Å². The van der Waals surface area contributed by atoms with Crippen LogP contribution in [0.2, 0.25) is 0 Å². The Balaban J connectivity index is 1.32. The number of ketones is 1. The van der Waals surface area contributed by atoms with Crippen molar-refractivity contribution in [1.82, 2.24) is 14.5 Å². The monoisotopic (exact) mass is 367 g/mol. The molecule has 0 amide bonds. The number of benzene rings is 1. The molecule has 1 N–H and O–H groups in total. The minimum Gasteiger partial charge on any atom is -0.494 e. The van der Waals surface area contributed by atoms with E-state index in [0.29, 0.717) is 18.0 Å². The highest BCUT2D eigenvalue weighted by Gasteiger charge is 2.22. The van der Waals surface area contributed by atoms with Crippen LogP contribution in [-0.4, -0.2) is 45.0 Å². The van der Waals surface area contributed by atoms with Crippen molar-refractivity contribution >= 4 is 16.7 Å². The molecule has 0 radical (unpaired) electrons. The molecule has 0 spiro atoms. The summed E-state index contributed by atoms with van der Waals surface area (Å²) in [7, 11) is 0. The molecule has 1 aromatic carbocycles. The third-order valence-electron chi connectivity index (χ3n) is 5.33. The number of carbonyl (C=O) groups excluding carboxylic acids is 1. The summed E-state index contributed by atoms with van der Waals surface area (Å²) in [6, 6.07) is 9.42. The molecule has 0 saturated carbocycles. The standard InChI is InChI=1S/C21H22FN3O2/c22-17-5-3-16(4-6-17)20(26)14-24-10-7-15(8-11-24)12-25-13-19-18(21(25)27)2-1-9-23-19/h1-6,9,13,15,27H,7-8,10-12,14H2. The zero-order valence-electron chi connectivity index (χ0n) is 15.0. The van der Waals surface area contributed by atoms with E-state index in [4.69, 9.17) is 0 Å². The fraction of sp³-hybridized carbons (Fsp3) is 0.333. The zero-order valence-corrected chi connectivity index (χ0v) is 15.0. The van der Waals surface area contributed by atoms with E-state index in [1.54, 1.807) is 6.20 Å². The molecule has 4 rings (SSSR count). The highest BCUT2D eigenvalue weighted by Crippen LogP contribution is 2.28. The van der Waals surface area contributed by atoms with E-state index in [1.807, 2.05) is 22.9 Å². The first-order valence-corrected chi connectivity index (χ1v) is 9.24. The lowest BCUT2D eigenvalue weighted by atomic mass is 9.96. The van der Waals surface area contributed by atoms with Gasteiger partial charge in [-0.05, 0) is 68.2 Å². The molecule has 3 aromatic rings. The van der Waals surface area contributed by atoms with Gasteiger partial charge >= 0.3 is 0 Å². The number of hydrogen-bond acceptors (Lipinski definition) is 4. The number of nitrogens with zero attached hydrogens (tertiary/aromatic N) is 3. The Labute approximate surface area is 157 Å². The highest BCUT2D eigenvalue weighted by molar-refractivity contribution is 5.97. The fourth-order valence-corrected chi connectivity index (χ4v) is 3.75. The average Bonchev–Trinajstić information content (AvgIpc) is 3.00. The van der Waals surface area contributed by atoms with Gasteiger partial charge in [0.25, 0.3) is 0 Å². The van der Waals surface area contributed by atoms with Gasteiger partial charge in [-0.15, -0.1) is 0 Å². The first-order valence-electron chi connectivity index (χ1n) is 9.24. The molecule has 5 nitrogen and oxygen atoms in total. The number of fused-ring (bicyclic) bond motifs is 1. The molecule has 140 valence electrons. The number of hydrogen-bond donors (Lipinski definition) is 1. The van der Waals surface area contributed by atoms with Crippen LogP contribution < -0.4 is 0 Å². The Bertz CT molecular complexity index is 944. The largest absolute Gasteiger partial charge is 0.494 e. The summed E-state index contributed by atoms with van der Waals surface area (Å²) >= 11 is 0. The van der Waals surface area contributed by atoms with Gasteiger partial charge < -0.3 is 9.67 Å². The van der Waals surface area contributed by atoms with Gasteiger partial charge in [-0.25, -0.2) is 4.39 Å². The lowest BCUT2D eigenvalue weighted by Gasteiger charge is -2.31. The number of piperidine rings is 1. The number of aromatic nitrogens is 2. The molecule has 2 aromatic heterocycles. The van der Waals surface area contributed by atoms with Crippen molar-refractivity contribution in [2.45, 2.75) is 19.4 Å². The van der Waals surface area contributed by atoms with Crippen LogP contribution in [-0.2, 0) is 6.54 Å². The number of halogens is 1. The normalized spacial score (nSPS) is 16.0. The summed E-state index contributed by atoms with van der Waals surface area (Å²) in [4.78, 5) is 18.8. The summed E-state index contributed by atoms with van der Waals surface area (Å²) in [6.45, 7) is 2.80. The fourth-order valence-electron chi connectivity index (χ4n) is 3.75. The van der Waals surface area contributed by atoms with E-state index in [2.05, 4.69) is 9.88 Å². The number of pyridine rings is 1. The van der Waals surface area contributed by atoms with Crippen molar-refractivity contribution in [3.05, 3.63) is 60.2 Å². The minimum atomic E-state index is -0.330. The second kappa shape index (κ2) is 7.48. The minimum absolute atomic E-state index is 0.0221. The highest BCUT2D eigenvalue weighted by atomic mass is 19.1. The predicted octanol–water partition coefficient (Wildman–Crippen LogP) is 3.48. The maximum absolute atomic E-state index is 13.0. The van der Waals surface area contributed by atoms with Gasteiger partial charge in [0, 0.05) is 24.5 Å². The van der Waals surface area contributed by atoms with Gasteiger partial charge in [-0.1, -0.05) is 0 Å². The molecular weight excluding hydrogens is 345 g/mol. The van der Waals surface area contributed by atoms with Gasteiger partial charge in [0.2, 0.25) is 5.88 Å². The van der Waals surface area contributed by atoms with E-state index >= 15 is 0 Å². The molecule has 0 unspecified atom stereocenters. The topological polar surface area (TPSA) is 58.4 Å². The number of likely N-dealkylation sites (tertiary alicyclic amines) is 1. The van der Waals surface area contributed by atoms with Crippen molar-refractivity contribution in [2.24, 2.45) is 5.92 Å². The maximum Gasteiger partial charge on any atom is 0.200 e. The van der Waals surface area contributed by atoms with Crippen molar-refractivity contribution in [3.8, 4) is 5.88 Å². The number of rotatable bonds is 5. The molecule has 27 heavy (non-hydrogen) atoms. The molecular formula is C21H22FN3O2. The third kappa shape index (κ3) is 3.85. The van der Waals surface area contributed by atoms with Crippen molar-refractivity contribution in [3.63, 3.8) is 0 Å². The van der Waals surface area contributed by atoms with E-state index in [-0.39, 0.29) is 17.5 Å². The van der Waals surface area contributed by atoms with E-state index in [9.17, 15) is 14.3 Å². The molecule has 1 aliphatic rings. The second-order valence-corrected chi connectivity index (χ2v) is 7.19. The molecule has 3 heterocycles. The molecule has 1 aliphatic heterocycles. The van der Waals surface area contributed by atoms with Crippen LogP contribution in [0.4, 0.5) is 4.39 Å². The Hall–Kier alpha value is -2.73. The van der Waals surface area contributed by atoms with Gasteiger partial charge in [0.05, 0.1) is 17.4 Å². The lowest BCUT2D eigenvalue weighted by molar-refractivity contribution is 0.0890. The van der Waals surface area contributed by atoms with Crippen LogP contribution in [0, 0.1) is 11.7 Å². The third-order valence-corrected chi connectivity index (χ3v) is 5.33. The number of Topliss-reactive ketones (excluding diaryl/α,β-unsaturated/α-hetero) is 1. The lowest BCUT2D eigenvalue weighted by Crippen LogP contribution is -2.38. The summed E-state index contributed by atoms with van der Waals surface area (Å²) < 4.78 is 14.9. The van der Waals surface area contributed by atoms with Crippen LogP contribution in [0.5, 0.6) is 5.88 Å². The smallest absolute Gasteiger partial charge is 0.200 e. The summed E-state index contributed by atoms with van der Waals surface area (Å²) in [6.07, 6.45) is 5.56. The predicted molar refractivity (Wildman–Crippen MR) is 101 cm³/mol. The van der Waals surface area contributed by atoms with E-state index in [0.717, 1.165) is 43.4 Å². The molecule has 1 saturated heterocycles. The molecule has 6 heteroatoms. The van der Waals surface area contributed by atoms with Gasteiger partial charge in [-0.2, -0.15) is 0 Å². The van der Waals surface area contributed by atoms with Crippen molar-refractivity contribution < 1.29 is 14.3 Å². The van der Waals surface area contributed by atoms with Crippen LogP contribution in [0.1, 0.15) is 23.2 Å². The summed E-state index contributed by atoms with van der Waals surface area (Å²) in [5.41, 5.74) is 1.35. The van der Waals surface area contributed by atoms with Crippen molar-refractivity contribution in [1.29, 1.82) is 0 Å². The Kier molecular flexibility index (Phi) is 4.90. The molecule has 0 aliphatic carbocycles. The van der Waals surface area contributed by atoms with Gasteiger partial charge in [0.15, 0.2) is 5.78 Å². The van der Waals surface area contributed by atoms with E-state index in [1.165, 1.54) is 24.3 Å². The van der Waals surface area contributed by atoms with Crippen LogP contribution in [0.15, 0.2) is 48.8 Å². The summed E-state index contributed by atoms with van der Waals surface area (Å²) in [5.74, 6) is 0.416. The summed E-state index contributed by atoms with van der Waals surface area (Å²) in [5, 5.41) is 11.2. The van der Waals surface area contributed by atoms with Gasteiger partial charge in [-0.3, -0.25) is 14.7 Å². The average molecular weight is 367 g/mol. The Morgan fingerprint density at radius 3 is 2.63 bits per heavy atom. The quantitative estimate of drug-likeness (QED) is 0.702. The molecule has 0 atom stereocenters. The zero-order chi connectivity index (χ0) is 18.8. The number of aromatic hydroxyl groups is 1. The number of carbonyl (C=O) groups is 1. The van der Waals surface area contributed by atoms with Crippen LogP contribution in [0.25, 0.3) is 10.9 Å². The Morgan fingerprint density at radius 2 is 1.93 bits per heavy atom. The van der Waals surface area contributed by atoms with Gasteiger partial charge in [0.1, 0.15) is 5.82 Å². The second-order valence-electron chi connectivity index (χ2n) is 7.19. The first kappa shape index (κ1) is 17.7. The SMILES string of the molecule is O=C(CN1CCC(Cn2cc3ncccc3c2O)CC1)c1ccc(F)cc1. The molecule has 1 fully saturated rings. The van der Waals surface area contributed by atoms with E-state index < -0.39 is 0 Å². The Morgan fingerprint density at radius 1 is 1.19 bits per heavy atom. The first-order chi connectivity index (χ1) is 13.1. The maximum atomic E-state index is 13.0.